The van der Waals surface area contributed by atoms with Crippen LogP contribution in [0.5, 0.6) is 0 Å². The topological polar surface area (TPSA) is 52.6 Å². The molecule has 8 heteroatoms. The van der Waals surface area contributed by atoms with Gasteiger partial charge in [-0.05, 0) is 31.7 Å². The summed E-state index contributed by atoms with van der Waals surface area (Å²) >= 11 is 1.73. The van der Waals surface area contributed by atoms with Gasteiger partial charge in [0.15, 0.2) is 5.96 Å². The zero-order valence-electron chi connectivity index (χ0n) is 15.5. The number of nitrogens with zero attached hydrogens (tertiary/aromatic N) is 3. The molecule has 1 aromatic carbocycles. The molecule has 0 radical (unpaired) electrons. The van der Waals surface area contributed by atoms with E-state index in [1.54, 1.807) is 18.4 Å². The molecular weight excluding hydrogens is 464 g/mol. The van der Waals surface area contributed by atoms with Crippen molar-refractivity contribution in [3.63, 3.8) is 0 Å². The van der Waals surface area contributed by atoms with Crippen molar-refractivity contribution in [1.82, 2.24) is 20.5 Å². The number of aryl methyl sites for hydroxylation is 1. The van der Waals surface area contributed by atoms with Crippen molar-refractivity contribution in [3.05, 3.63) is 51.7 Å². The van der Waals surface area contributed by atoms with E-state index in [1.807, 2.05) is 25.4 Å². The number of hydrogen-bond acceptors (Lipinski definition) is 4. The highest BCUT2D eigenvalue weighted by Crippen LogP contribution is 2.10. The van der Waals surface area contributed by atoms with Crippen LogP contribution >= 0.6 is 35.3 Å². The molecule has 26 heavy (non-hydrogen) atoms. The maximum absolute atomic E-state index is 12.9. The molecule has 0 atom stereocenters. The maximum Gasteiger partial charge on any atom is 0.191 e. The van der Waals surface area contributed by atoms with Crippen LogP contribution in [0, 0.1) is 12.7 Å². The molecule has 0 amide bonds. The van der Waals surface area contributed by atoms with E-state index >= 15 is 0 Å². The first-order chi connectivity index (χ1) is 12.1. The predicted molar refractivity (Wildman–Crippen MR) is 118 cm³/mol. The lowest BCUT2D eigenvalue weighted by Gasteiger charge is -2.18. The summed E-state index contributed by atoms with van der Waals surface area (Å²) in [6.07, 6.45) is 2.80. The Kier molecular flexibility index (Phi) is 10.7. The van der Waals surface area contributed by atoms with Crippen molar-refractivity contribution in [3.8, 4) is 0 Å². The van der Waals surface area contributed by atoms with E-state index in [2.05, 4.69) is 32.4 Å². The van der Waals surface area contributed by atoms with E-state index in [4.69, 9.17) is 0 Å². The van der Waals surface area contributed by atoms with Crippen LogP contribution < -0.4 is 10.6 Å². The van der Waals surface area contributed by atoms with Crippen molar-refractivity contribution in [1.29, 1.82) is 0 Å². The molecule has 0 aliphatic carbocycles. The first kappa shape index (κ1) is 22.8. The van der Waals surface area contributed by atoms with Gasteiger partial charge < -0.3 is 15.5 Å². The molecule has 144 valence electrons. The van der Waals surface area contributed by atoms with Gasteiger partial charge in [0, 0.05) is 50.7 Å². The van der Waals surface area contributed by atoms with Crippen LogP contribution in [0.2, 0.25) is 0 Å². The van der Waals surface area contributed by atoms with Crippen LogP contribution in [0.1, 0.15) is 15.4 Å². The number of likely N-dealkylation sites (N-methyl/N-ethyl adjacent to an activating group) is 1. The average Bonchev–Trinajstić information content (AvgIpc) is 3.01. The quantitative estimate of drug-likeness (QED) is 0.339. The number of halogens is 2. The largest absolute Gasteiger partial charge is 0.356 e. The van der Waals surface area contributed by atoms with E-state index in [-0.39, 0.29) is 29.8 Å². The second kappa shape index (κ2) is 12.2. The summed E-state index contributed by atoms with van der Waals surface area (Å²) in [5.41, 5.74) is 1.10. The Morgan fingerprint density at radius 2 is 1.92 bits per heavy atom. The Balaban J connectivity index is 0.00000338. The van der Waals surface area contributed by atoms with E-state index < -0.39 is 0 Å². The van der Waals surface area contributed by atoms with Crippen LogP contribution in [0.4, 0.5) is 4.39 Å². The third-order valence-electron chi connectivity index (χ3n) is 3.68. The van der Waals surface area contributed by atoms with Crippen LogP contribution in [-0.2, 0) is 13.0 Å². The normalized spacial score (nSPS) is 11.3. The molecule has 1 heterocycles. The minimum Gasteiger partial charge on any atom is -0.356 e. The van der Waals surface area contributed by atoms with Gasteiger partial charge in [0.25, 0.3) is 0 Å². The summed E-state index contributed by atoms with van der Waals surface area (Å²) < 4.78 is 12.9. The lowest BCUT2D eigenvalue weighted by Crippen LogP contribution is -2.41. The zero-order valence-corrected chi connectivity index (χ0v) is 18.6. The van der Waals surface area contributed by atoms with Crippen molar-refractivity contribution < 1.29 is 4.39 Å². The van der Waals surface area contributed by atoms with Gasteiger partial charge in [-0.3, -0.25) is 4.99 Å². The zero-order chi connectivity index (χ0) is 18.1. The molecule has 1 aromatic heterocycles. The first-order valence-corrected chi connectivity index (χ1v) is 9.17. The van der Waals surface area contributed by atoms with Gasteiger partial charge in [-0.15, -0.1) is 35.3 Å². The van der Waals surface area contributed by atoms with Gasteiger partial charge in [-0.25, -0.2) is 9.37 Å². The van der Waals surface area contributed by atoms with Crippen LogP contribution in [-0.4, -0.2) is 49.6 Å². The van der Waals surface area contributed by atoms with E-state index in [1.165, 1.54) is 17.0 Å². The molecule has 0 saturated carbocycles. The Bertz CT molecular complexity index is 674. The standard InChI is InChI=1S/C18H26FN5S.HI/c1-14-12-23-17(25-14)8-9-21-18(20-2)22-10-11-24(3)13-15-4-6-16(19)7-5-15;/h4-7,12H,8-11,13H2,1-3H3,(H2,20,21,22);1H. The summed E-state index contributed by atoms with van der Waals surface area (Å²) in [4.78, 5) is 12.0. The van der Waals surface area contributed by atoms with Crippen LogP contribution in [0.15, 0.2) is 35.5 Å². The maximum atomic E-state index is 12.9. The van der Waals surface area contributed by atoms with Crippen LogP contribution in [0.25, 0.3) is 0 Å². The fourth-order valence-electron chi connectivity index (χ4n) is 2.37. The Hall–Kier alpha value is -1.26. The Morgan fingerprint density at radius 1 is 1.23 bits per heavy atom. The minimum absolute atomic E-state index is 0. The smallest absolute Gasteiger partial charge is 0.191 e. The second-order valence-corrected chi connectivity index (χ2v) is 7.22. The van der Waals surface area contributed by atoms with Gasteiger partial charge in [0.2, 0.25) is 0 Å². The van der Waals surface area contributed by atoms with Crippen molar-refractivity contribution in [2.24, 2.45) is 4.99 Å². The molecule has 0 aliphatic rings. The highest BCUT2D eigenvalue weighted by atomic mass is 127. The summed E-state index contributed by atoms with van der Waals surface area (Å²) in [5, 5.41) is 7.75. The number of rotatable bonds is 8. The molecule has 0 bridgehead atoms. The summed E-state index contributed by atoms with van der Waals surface area (Å²) in [6, 6.07) is 6.63. The number of guanidine groups is 1. The number of nitrogens with one attached hydrogen (secondary N) is 2. The molecule has 2 N–H and O–H groups in total. The third kappa shape index (κ3) is 8.41. The minimum atomic E-state index is -0.198. The Morgan fingerprint density at radius 3 is 2.54 bits per heavy atom. The molecular formula is C18H27FIN5S. The molecule has 5 nitrogen and oxygen atoms in total. The monoisotopic (exact) mass is 491 g/mol. The number of thiazole rings is 1. The molecule has 0 aliphatic heterocycles. The highest BCUT2D eigenvalue weighted by molar-refractivity contribution is 14.0. The van der Waals surface area contributed by atoms with Gasteiger partial charge in [0.05, 0.1) is 5.01 Å². The second-order valence-electron chi connectivity index (χ2n) is 5.90. The van der Waals surface area contributed by atoms with Crippen LogP contribution in [0.3, 0.4) is 0 Å². The number of aliphatic imine (C=N–C) groups is 1. The summed E-state index contributed by atoms with van der Waals surface area (Å²) in [7, 11) is 3.82. The van der Waals surface area contributed by atoms with E-state index in [9.17, 15) is 4.39 Å². The number of benzene rings is 1. The van der Waals surface area contributed by atoms with E-state index in [0.717, 1.165) is 49.1 Å². The van der Waals surface area contributed by atoms with Gasteiger partial charge in [0.1, 0.15) is 5.82 Å². The third-order valence-corrected chi connectivity index (χ3v) is 4.65. The molecule has 2 aromatic rings. The number of aromatic nitrogens is 1. The van der Waals surface area contributed by atoms with Crippen molar-refractivity contribution in [2.75, 3.05) is 33.7 Å². The predicted octanol–water partition coefficient (Wildman–Crippen LogP) is 3.05. The fraction of sp³-hybridized carbons (Fsp3) is 0.444. The average molecular weight is 491 g/mol. The van der Waals surface area contributed by atoms with Gasteiger partial charge in [-0.1, -0.05) is 12.1 Å². The fourth-order valence-corrected chi connectivity index (χ4v) is 3.16. The summed E-state index contributed by atoms with van der Waals surface area (Å²) in [6.45, 7) is 5.31. The molecule has 0 fully saturated rings. The van der Waals surface area contributed by atoms with Gasteiger partial charge >= 0.3 is 0 Å². The lowest BCUT2D eigenvalue weighted by atomic mass is 10.2. The lowest BCUT2D eigenvalue weighted by molar-refractivity contribution is 0.331. The first-order valence-electron chi connectivity index (χ1n) is 8.35. The van der Waals surface area contributed by atoms with E-state index in [0.29, 0.717) is 0 Å². The van der Waals surface area contributed by atoms with Crippen molar-refractivity contribution in [2.45, 2.75) is 19.9 Å². The summed E-state index contributed by atoms with van der Waals surface area (Å²) in [5.74, 6) is 0.597. The number of hydrogen-bond donors (Lipinski definition) is 2. The van der Waals surface area contributed by atoms with Gasteiger partial charge in [-0.2, -0.15) is 0 Å². The molecule has 0 unspecified atom stereocenters. The SMILES string of the molecule is CN=C(NCCc1ncc(C)s1)NCCN(C)Cc1ccc(F)cc1.I. The highest BCUT2D eigenvalue weighted by Gasteiger charge is 2.03. The Labute approximate surface area is 176 Å². The molecule has 2 rings (SSSR count). The molecule has 0 spiro atoms. The molecule has 0 saturated heterocycles. The van der Waals surface area contributed by atoms with Crippen molar-refractivity contribution >= 4 is 41.3 Å².